The Labute approximate surface area is 155 Å². The molecule has 0 bridgehead atoms. The summed E-state index contributed by atoms with van der Waals surface area (Å²) in [5, 5.41) is 0.410. The Morgan fingerprint density at radius 2 is 1.83 bits per heavy atom. The Morgan fingerprint density at radius 3 is 2.61 bits per heavy atom. The molecule has 1 aromatic heterocycles. The molecular formula is C19H20ClN3. The van der Waals surface area contributed by atoms with E-state index in [0.29, 0.717) is 21.0 Å². The monoisotopic (exact) mass is 335 g/mol. The third-order valence-corrected chi connectivity index (χ3v) is 3.71. The number of imidazole rings is 1. The number of aromatic nitrogens is 2. The molecule has 2 aromatic carbocycles. The average Bonchev–Trinajstić information content (AvgIpc) is 3.12. The standard InChI is InChI=1S/C19H20ClN3/c20-16-9-7-15(8-10-16)13-23-18-6-2-1-5-17(18)21-19(23)14-22-11-3-4-12-22/h1-2,5-10H,3-4,11-14H2/i3D2,4D2,11D2,12D2,13D2. The van der Waals surface area contributed by atoms with E-state index in [4.69, 9.17) is 25.3 Å². The lowest BCUT2D eigenvalue weighted by Gasteiger charge is -2.16. The van der Waals surface area contributed by atoms with Crippen molar-refractivity contribution in [2.45, 2.75) is 25.8 Å². The minimum Gasteiger partial charge on any atom is -0.322 e. The zero-order valence-corrected chi connectivity index (χ0v) is 12.8. The summed E-state index contributed by atoms with van der Waals surface area (Å²) in [4.78, 5) is 4.83. The summed E-state index contributed by atoms with van der Waals surface area (Å²) in [5.41, 5.74) is 0.949. The quantitative estimate of drug-likeness (QED) is 0.707. The van der Waals surface area contributed by atoms with Crippen LogP contribution in [0.2, 0.25) is 5.02 Å². The molecule has 0 saturated carbocycles. The minimum absolute atomic E-state index is 0.0857. The van der Waals surface area contributed by atoms with Gasteiger partial charge in [-0.1, -0.05) is 35.9 Å². The number of fused-ring (bicyclic) bond motifs is 1. The Morgan fingerprint density at radius 1 is 1.09 bits per heavy atom. The molecule has 1 aliphatic heterocycles. The number of nitrogens with zero attached hydrogens (tertiary/aromatic N) is 3. The highest BCUT2D eigenvalue weighted by Gasteiger charge is 2.17. The summed E-state index contributed by atoms with van der Waals surface area (Å²) in [6.45, 7) is -8.99. The second kappa shape index (κ2) is 6.34. The summed E-state index contributed by atoms with van der Waals surface area (Å²) in [6.07, 6.45) is -6.37. The molecule has 0 radical (unpaired) electrons. The zero-order chi connectivity index (χ0) is 24.6. The van der Waals surface area contributed by atoms with Gasteiger partial charge in [0.25, 0.3) is 0 Å². The van der Waals surface area contributed by atoms with E-state index >= 15 is 0 Å². The van der Waals surface area contributed by atoms with Gasteiger partial charge >= 0.3 is 0 Å². The summed E-state index contributed by atoms with van der Waals surface area (Å²) >= 11 is 5.94. The van der Waals surface area contributed by atoms with Crippen LogP contribution in [0.3, 0.4) is 0 Å². The molecule has 23 heavy (non-hydrogen) atoms. The molecule has 1 aliphatic rings. The van der Waals surface area contributed by atoms with Gasteiger partial charge in [-0.15, -0.1) is 0 Å². The summed E-state index contributed by atoms with van der Waals surface area (Å²) in [5.74, 6) is -0.0857. The first kappa shape index (κ1) is 7.37. The van der Waals surface area contributed by atoms with Crippen molar-refractivity contribution in [1.82, 2.24) is 14.5 Å². The molecule has 0 atom stereocenters. The lowest BCUT2D eigenvalue weighted by Crippen LogP contribution is -2.21. The van der Waals surface area contributed by atoms with Crippen molar-refractivity contribution >= 4 is 22.6 Å². The van der Waals surface area contributed by atoms with E-state index in [0.717, 1.165) is 0 Å². The van der Waals surface area contributed by atoms with Crippen LogP contribution < -0.4 is 0 Å². The third kappa shape index (κ3) is 3.12. The maximum Gasteiger partial charge on any atom is 0.124 e. The normalized spacial score (nSPS) is 31.3. The van der Waals surface area contributed by atoms with Crippen LogP contribution in [0.15, 0.2) is 48.5 Å². The number of hydrogen-bond acceptors (Lipinski definition) is 2. The van der Waals surface area contributed by atoms with Crippen LogP contribution in [-0.4, -0.2) is 27.4 Å². The number of halogens is 1. The number of hydrogen-bond donors (Lipinski definition) is 0. The van der Waals surface area contributed by atoms with Gasteiger partial charge in [-0.25, -0.2) is 4.98 Å². The Balaban J connectivity index is 1.91. The Kier molecular flexibility index (Phi) is 2.03. The highest BCUT2D eigenvalue weighted by atomic mass is 35.5. The van der Waals surface area contributed by atoms with E-state index in [9.17, 15) is 0 Å². The maximum atomic E-state index is 8.84. The zero-order valence-electron chi connectivity index (χ0n) is 22.0. The fourth-order valence-corrected chi connectivity index (χ4v) is 2.53. The molecule has 4 heteroatoms. The highest BCUT2D eigenvalue weighted by Crippen LogP contribution is 2.21. The fourth-order valence-electron chi connectivity index (χ4n) is 2.40. The van der Waals surface area contributed by atoms with Crippen molar-refractivity contribution in [3.8, 4) is 0 Å². The number of likely N-dealkylation sites (tertiary alicyclic amines) is 1. The number of benzene rings is 2. The van der Waals surface area contributed by atoms with Crippen LogP contribution in [0, 0.1) is 0 Å². The lowest BCUT2D eigenvalue weighted by atomic mass is 10.2. The van der Waals surface area contributed by atoms with Crippen LogP contribution in [0.1, 0.15) is 37.8 Å². The SMILES string of the molecule is [2H]C([2H])(c1ccc(Cl)cc1)n1c(CN2C([2H])([2H])C([2H])([2H])C([2H])([2H])C2([2H])[2H])nc2ccccc21. The molecular weight excluding hydrogens is 306 g/mol. The predicted molar refractivity (Wildman–Crippen MR) is 94.8 cm³/mol. The number of rotatable bonds is 4. The molecule has 0 aliphatic carbocycles. The average molecular weight is 336 g/mol. The number of para-hydroxylation sites is 2. The van der Waals surface area contributed by atoms with Crippen molar-refractivity contribution in [1.29, 1.82) is 0 Å². The molecule has 118 valence electrons. The van der Waals surface area contributed by atoms with Crippen LogP contribution in [0.5, 0.6) is 0 Å². The first-order valence-corrected chi connectivity index (χ1v) is 7.45. The van der Waals surface area contributed by atoms with Gasteiger partial charge in [0, 0.05) is 22.5 Å². The van der Waals surface area contributed by atoms with Crippen molar-refractivity contribution in [3.63, 3.8) is 0 Å². The summed E-state index contributed by atoms with van der Waals surface area (Å²) in [7, 11) is 0. The van der Waals surface area contributed by atoms with E-state index in [1.165, 1.54) is 28.8 Å². The van der Waals surface area contributed by atoms with Gasteiger partial charge in [0.05, 0.1) is 20.3 Å². The van der Waals surface area contributed by atoms with Gasteiger partial charge in [0.1, 0.15) is 5.82 Å². The van der Waals surface area contributed by atoms with Gasteiger partial charge in [0.2, 0.25) is 0 Å². The molecule has 4 rings (SSSR count). The largest absolute Gasteiger partial charge is 0.322 e. The van der Waals surface area contributed by atoms with Crippen molar-refractivity contribution < 1.29 is 13.7 Å². The molecule has 1 saturated heterocycles. The van der Waals surface area contributed by atoms with E-state index in [2.05, 4.69) is 4.98 Å². The van der Waals surface area contributed by atoms with E-state index in [1.54, 1.807) is 24.3 Å². The van der Waals surface area contributed by atoms with Crippen LogP contribution in [0.25, 0.3) is 11.0 Å². The summed E-state index contributed by atoms with van der Waals surface area (Å²) in [6, 6.07) is 12.6. The first-order valence-electron chi connectivity index (χ1n) is 12.1. The Hall–Kier alpha value is -1.84. The minimum atomic E-state index is -3.18. The molecule has 0 amide bonds. The summed E-state index contributed by atoms with van der Waals surface area (Å²) < 4.78 is 83.9. The van der Waals surface area contributed by atoms with Gasteiger partial charge < -0.3 is 4.57 Å². The molecule has 0 N–H and O–H groups in total. The van der Waals surface area contributed by atoms with Gasteiger partial charge in [0.15, 0.2) is 0 Å². The van der Waals surface area contributed by atoms with E-state index < -0.39 is 38.8 Å². The molecule has 1 fully saturated rings. The van der Waals surface area contributed by atoms with Crippen LogP contribution >= 0.6 is 11.6 Å². The van der Waals surface area contributed by atoms with Gasteiger partial charge in [-0.2, -0.15) is 0 Å². The second-order valence-corrected chi connectivity index (χ2v) is 5.47. The maximum absolute atomic E-state index is 8.84. The lowest BCUT2D eigenvalue weighted by molar-refractivity contribution is 0.318. The van der Waals surface area contributed by atoms with Gasteiger partial charge in [-0.05, 0) is 55.6 Å². The third-order valence-electron chi connectivity index (χ3n) is 3.46. The topological polar surface area (TPSA) is 21.1 Å². The van der Waals surface area contributed by atoms with Crippen molar-refractivity contribution in [3.05, 3.63) is 64.9 Å². The fraction of sp³-hybridized carbons (Fsp3) is 0.316. The van der Waals surface area contributed by atoms with Gasteiger partial charge in [-0.3, -0.25) is 4.90 Å². The predicted octanol–water partition coefficient (Wildman–Crippen LogP) is 4.33. The molecule has 0 spiro atoms. The molecule has 3 aromatic rings. The highest BCUT2D eigenvalue weighted by molar-refractivity contribution is 6.30. The van der Waals surface area contributed by atoms with Crippen LogP contribution in [0.4, 0.5) is 0 Å². The Bertz CT molecular complexity index is 1180. The molecule has 3 nitrogen and oxygen atoms in total. The van der Waals surface area contributed by atoms with Crippen molar-refractivity contribution in [2.24, 2.45) is 0 Å². The van der Waals surface area contributed by atoms with E-state index in [-0.39, 0.29) is 11.4 Å². The van der Waals surface area contributed by atoms with Crippen molar-refractivity contribution in [2.75, 3.05) is 13.0 Å². The molecule has 2 heterocycles. The molecule has 0 unspecified atom stereocenters. The van der Waals surface area contributed by atoms with E-state index in [1.807, 2.05) is 0 Å². The van der Waals surface area contributed by atoms with Crippen LogP contribution in [-0.2, 0) is 13.0 Å². The first-order chi connectivity index (χ1) is 15.1. The smallest absolute Gasteiger partial charge is 0.124 e. The second-order valence-electron chi connectivity index (χ2n) is 5.03.